The van der Waals surface area contributed by atoms with Crippen LogP contribution in [0.1, 0.15) is 88.4 Å². The molecule has 0 radical (unpaired) electrons. The zero-order valence-electron chi connectivity index (χ0n) is 30.8. The molecule has 6 rings (SSSR count). The van der Waals surface area contributed by atoms with Crippen molar-refractivity contribution in [2.75, 3.05) is 27.3 Å². The van der Waals surface area contributed by atoms with Crippen molar-refractivity contribution >= 4 is 46.3 Å². The van der Waals surface area contributed by atoms with E-state index in [1.807, 2.05) is 67.8 Å². The number of aromatic amines is 1. The monoisotopic (exact) mass is 708 g/mol. The number of carbonyl (C=O) groups is 4. The highest BCUT2D eigenvalue weighted by Gasteiger charge is 2.40. The number of fused-ring (bicyclic) bond motifs is 2. The Balaban J connectivity index is 1.16. The Labute approximate surface area is 304 Å². The fourth-order valence-electron chi connectivity index (χ4n) is 7.54. The van der Waals surface area contributed by atoms with Crippen molar-refractivity contribution in [3.63, 3.8) is 0 Å². The number of likely N-dealkylation sites (tertiary alicyclic amines) is 2. The number of nitrogens with zero attached hydrogens (tertiary/aromatic N) is 4. The summed E-state index contributed by atoms with van der Waals surface area (Å²) in [5.74, 6) is 6.23. The molecule has 4 heterocycles. The molecule has 3 aromatic rings. The van der Waals surface area contributed by atoms with E-state index in [1.165, 1.54) is 14.2 Å². The Bertz CT molecular complexity index is 1950. The molecular weight excluding hydrogens is 660 g/mol. The molecule has 2 fully saturated rings. The number of aromatic nitrogens is 2. The van der Waals surface area contributed by atoms with Gasteiger partial charge in [0.25, 0.3) is 0 Å². The lowest BCUT2D eigenvalue weighted by atomic mass is 9.91. The van der Waals surface area contributed by atoms with Crippen LogP contribution in [0.3, 0.4) is 0 Å². The quantitative estimate of drug-likeness (QED) is 0.222. The van der Waals surface area contributed by atoms with Gasteiger partial charge in [0.05, 0.1) is 55.4 Å². The molecule has 3 amide bonds. The summed E-state index contributed by atoms with van der Waals surface area (Å²) in [4.78, 5) is 68.2. The second-order valence-electron chi connectivity index (χ2n) is 14.6. The van der Waals surface area contributed by atoms with E-state index in [4.69, 9.17) is 19.5 Å². The predicted octanol–water partition coefficient (Wildman–Crippen LogP) is 5.46. The molecule has 2 aromatic carbocycles. The van der Waals surface area contributed by atoms with E-state index in [0.717, 1.165) is 70.6 Å². The van der Waals surface area contributed by atoms with Gasteiger partial charge in [-0.2, -0.15) is 0 Å². The number of esters is 1. The van der Waals surface area contributed by atoms with Gasteiger partial charge in [-0.05, 0) is 73.4 Å². The van der Waals surface area contributed by atoms with Gasteiger partial charge in [0.15, 0.2) is 0 Å². The Morgan fingerprint density at radius 2 is 1.56 bits per heavy atom. The number of carbonyl (C=O) groups excluding carboxylic acids is 4. The fraction of sp³-hybridized carbons (Fsp3) is 0.500. The first-order valence-corrected chi connectivity index (χ1v) is 18.2. The Morgan fingerprint density at radius 3 is 2.23 bits per heavy atom. The molecule has 0 unspecified atom stereocenters. The summed E-state index contributed by atoms with van der Waals surface area (Å²) >= 11 is 0. The van der Waals surface area contributed by atoms with Gasteiger partial charge in [-0.3, -0.25) is 19.4 Å². The molecule has 4 atom stereocenters. The van der Waals surface area contributed by atoms with E-state index < -0.39 is 18.1 Å². The van der Waals surface area contributed by atoms with Crippen LogP contribution in [-0.4, -0.2) is 88.7 Å². The van der Waals surface area contributed by atoms with Gasteiger partial charge in [-0.15, -0.1) is 0 Å². The lowest BCUT2D eigenvalue weighted by Gasteiger charge is -2.30. The lowest BCUT2D eigenvalue weighted by molar-refractivity contribution is -0.148. The average Bonchev–Trinajstić information content (AvgIpc) is 3.95. The third-order valence-electron chi connectivity index (χ3n) is 10.5. The minimum Gasteiger partial charge on any atom is -0.469 e. The van der Waals surface area contributed by atoms with Gasteiger partial charge >= 0.3 is 12.1 Å². The molecular formula is C40H48N6O6. The maximum atomic E-state index is 13.6. The summed E-state index contributed by atoms with van der Waals surface area (Å²) in [5.41, 5.74) is 6.23. The molecule has 12 heteroatoms. The molecule has 0 bridgehead atoms. The average molecular weight is 709 g/mol. The molecule has 0 saturated carbocycles. The number of nitrogens with one attached hydrogen (secondary N) is 2. The summed E-state index contributed by atoms with van der Waals surface area (Å²) in [6.45, 7) is 8.98. The molecule has 0 spiro atoms. The molecule has 0 aliphatic carbocycles. The number of imidazole rings is 1. The van der Waals surface area contributed by atoms with Gasteiger partial charge in [0.2, 0.25) is 11.8 Å². The standard InChI is InChI=1S/C40H48N6O6/c1-23(2)28(22-35(47)51-5)38(48)46-18-8-10-34(46)37-42-29-16-14-26(20-31(29)43-37)12-11-25-13-15-27-21-32(41-30(27)19-25)33-9-7-17-45(33)39(49)36(24(3)4)44-40(50)52-6/h13-16,19-20,23-24,28,33-34,36H,7-10,17-18,21-22H2,1-6H3,(H,42,43)(H,44,50)/t28-,33+,34+,36-/m1/s1. The molecule has 12 nitrogen and oxygen atoms in total. The minimum atomic E-state index is -0.671. The normalized spacial score (nSPS) is 19.3. The SMILES string of the molecule is COC(=O)C[C@@H](C(=O)N1CCC[C@H]1c1nc2ccc(C#Cc3ccc4c(c3)N=C([C@@H]3CCCN3C(=O)[C@H](NC(=O)OC)C(C)C)C4)cc2[nH]1)C(C)C. The highest BCUT2D eigenvalue weighted by molar-refractivity contribution is 6.01. The van der Waals surface area contributed by atoms with E-state index in [9.17, 15) is 19.2 Å². The lowest BCUT2D eigenvalue weighted by Crippen LogP contribution is -2.53. The summed E-state index contributed by atoms with van der Waals surface area (Å²) < 4.78 is 9.63. The van der Waals surface area contributed by atoms with Crippen LogP contribution in [0, 0.1) is 29.6 Å². The zero-order chi connectivity index (χ0) is 37.1. The number of alkyl carbamates (subject to hydrolysis) is 1. The van der Waals surface area contributed by atoms with Crippen LogP contribution in [0.25, 0.3) is 11.0 Å². The molecule has 3 aliphatic rings. The molecule has 2 N–H and O–H groups in total. The van der Waals surface area contributed by atoms with E-state index in [1.54, 1.807) is 0 Å². The van der Waals surface area contributed by atoms with Crippen LogP contribution in [-0.2, 0) is 30.3 Å². The summed E-state index contributed by atoms with van der Waals surface area (Å²) in [7, 11) is 2.64. The maximum absolute atomic E-state index is 13.6. The van der Waals surface area contributed by atoms with E-state index in [0.29, 0.717) is 19.5 Å². The summed E-state index contributed by atoms with van der Waals surface area (Å²) in [6.07, 6.45) is 3.48. The number of amides is 3. The maximum Gasteiger partial charge on any atom is 0.407 e. The second kappa shape index (κ2) is 15.6. The first kappa shape index (κ1) is 36.6. The van der Waals surface area contributed by atoms with E-state index in [-0.39, 0.29) is 48.1 Å². The van der Waals surface area contributed by atoms with Gasteiger partial charge < -0.3 is 29.6 Å². The van der Waals surface area contributed by atoms with Crippen molar-refractivity contribution in [3.8, 4) is 11.8 Å². The molecule has 3 aliphatic heterocycles. The first-order chi connectivity index (χ1) is 25.0. The number of ether oxygens (including phenoxy) is 2. The van der Waals surface area contributed by atoms with Crippen LogP contribution in [0.15, 0.2) is 41.4 Å². The number of methoxy groups -OCH3 is 2. The van der Waals surface area contributed by atoms with Crippen molar-refractivity contribution in [3.05, 3.63) is 58.9 Å². The summed E-state index contributed by atoms with van der Waals surface area (Å²) in [5, 5.41) is 2.71. The number of benzene rings is 2. The third-order valence-corrected chi connectivity index (χ3v) is 10.5. The smallest absolute Gasteiger partial charge is 0.407 e. The fourth-order valence-corrected chi connectivity index (χ4v) is 7.54. The minimum absolute atomic E-state index is 0.00152. The topological polar surface area (TPSA) is 146 Å². The number of hydrogen-bond donors (Lipinski definition) is 2. The van der Waals surface area contributed by atoms with Gasteiger partial charge in [0, 0.05) is 36.3 Å². The predicted molar refractivity (Wildman–Crippen MR) is 197 cm³/mol. The Morgan fingerprint density at radius 1 is 0.885 bits per heavy atom. The van der Waals surface area contributed by atoms with Crippen molar-refractivity contribution < 1.29 is 28.7 Å². The largest absolute Gasteiger partial charge is 0.469 e. The van der Waals surface area contributed by atoms with Crippen molar-refractivity contribution in [2.45, 2.75) is 84.3 Å². The van der Waals surface area contributed by atoms with Gasteiger partial charge in [-0.25, -0.2) is 9.78 Å². The number of aliphatic imine (C=N–C) groups is 1. The van der Waals surface area contributed by atoms with Crippen LogP contribution < -0.4 is 5.32 Å². The third kappa shape index (κ3) is 7.69. The number of hydrogen-bond acceptors (Lipinski definition) is 8. The van der Waals surface area contributed by atoms with E-state index in [2.05, 4.69) is 28.2 Å². The Kier molecular flexibility index (Phi) is 11.0. The van der Waals surface area contributed by atoms with Gasteiger partial charge in [0.1, 0.15) is 11.9 Å². The van der Waals surface area contributed by atoms with Crippen molar-refractivity contribution in [1.82, 2.24) is 25.1 Å². The highest BCUT2D eigenvalue weighted by atomic mass is 16.5. The molecule has 1 aromatic heterocycles. The number of rotatable bonds is 9. The van der Waals surface area contributed by atoms with Crippen LogP contribution in [0.2, 0.25) is 0 Å². The summed E-state index contributed by atoms with van der Waals surface area (Å²) in [6, 6.07) is 10.9. The van der Waals surface area contributed by atoms with Crippen molar-refractivity contribution in [1.29, 1.82) is 0 Å². The first-order valence-electron chi connectivity index (χ1n) is 18.2. The number of H-pyrrole nitrogens is 1. The van der Waals surface area contributed by atoms with Crippen LogP contribution in [0.4, 0.5) is 10.5 Å². The zero-order valence-corrected chi connectivity index (χ0v) is 30.8. The van der Waals surface area contributed by atoms with Crippen LogP contribution in [0.5, 0.6) is 0 Å². The van der Waals surface area contributed by atoms with Crippen molar-refractivity contribution in [2.24, 2.45) is 22.7 Å². The van der Waals surface area contributed by atoms with Gasteiger partial charge in [-0.1, -0.05) is 45.6 Å². The Hall–Kier alpha value is -5.18. The molecule has 274 valence electrons. The highest BCUT2D eigenvalue weighted by Crippen LogP contribution is 2.35. The van der Waals surface area contributed by atoms with E-state index >= 15 is 0 Å². The van der Waals surface area contributed by atoms with Crippen LogP contribution >= 0.6 is 0 Å². The molecule has 52 heavy (non-hydrogen) atoms. The molecule has 2 saturated heterocycles. The second-order valence-corrected chi connectivity index (χ2v) is 14.6.